The predicted molar refractivity (Wildman–Crippen MR) is 97.9 cm³/mol. The van der Waals surface area contributed by atoms with Crippen LogP contribution in [0, 0.1) is 12.8 Å². The molecule has 0 aliphatic rings. The number of aliphatic carboxylic acids is 1. The summed E-state index contributed by atoms with van der Waals surface area (Å²) in [6.45, 7) is 1.79. The van der Waals surface area contributed by atoms with E-state index in [2.05, 4.69) is 15.5 Å². The van der Waals surface area contributed by atoms with E-state index in [1.807, 2.05) is 18.2 Å². The van der Waals surface area contributed by atoms with E-state index >= 15 is 0 Å². The van der Waals surface area contributed by atoms with E-state index in [9.17, 15) is 14.7 Å². The molecule has 2 N–H and O–H groups in total. The third-order valence-electron chi connectivity index (χ3n) is 4.35. The third kappa shape index (κ3) is 4.05. The van der Waals surface area contributed by atoms with Crippen molar-refractivity contribution in [1.82, 2.24) is 19.9 Å². The van der Waals surface area contributed by atoms with Crippen molar-refractivity contribution >= 4 is 17.5 Å². The number of amides is 1. The first-order chi connectivity index (χ1) is 13.0. The number of methoxy groups -OCH3 is 1. The highest BCUT2D eigenvalue weighted by atomic mass is 16.5. The minimum absolute atomic E-state index is 0.00537. The fourth-order valence-corrected chi connectivity index (χ4v) is 2.84. The number of ether oxygens (including phenoxy) is 1. The standard InChI is InChI=1S/C19H20N4O4/c1-12-21-22-17-8-7-14(11-23(12)17)18(24)20-10-15(19(25)26)9-13-5-3-4-6-16(13)27-2/h3-8,11,15H,9-10H2,1-2H3,(H,20,24)(H,25,26). The van der Waals surface area contributed by atoms with Crippen LogP contribution in [0.3, 0.4) is 0 Å². The lowest BCUT2D eigenvalue weighted by Crippen LogP contribution is -2.34. The second-order valence-electron chi connectivity index (χ2n) is 6.15. The lowest BCUT2D eigenvalue weighted by molar-refractivity contribution is -0.141. The number of para-hydroxylation sites is 1. The number of carbonyl (C=O) groups is 2. The minimum Gasteiger partial charge on any atom is -0.496 e. The van der Waals surface area contributed by atoms with Crippen molar-refractivity contribution in [3.63, 3.8) is 0 Å². The molecule has 8 heteroatoms. The molecule has 1 atom stereocenters. The molecule has 1 unspecified atom stereocenters. The highest BCUT2D eigenvalue weighted by Gasteiger charge is 2.21. The van der Waals surface area contributed by atoms with Crippen LogP contribution in [0.1, 0.15) is 21.7 Å². The molecule has 3 aromatic rings. The fraction of sp³-hybridized carbons (Fsp3) is 0.263. The van der Waals surface area contributed by atoms with Crippen molar-refractivity contribution in [2.24, 2.45) is 5.92 Å². The number of aryl methyl sites for hydroxylation is 1. The number of rotatable bonds is 7. The largest absolute Gasteiger partial charge is 0.496 e. The Balaban J connectivity index is 1.70. The number of nitrogens with one attached hydrogen (secondary N) is 1. The normalized spacial score (nSPS) is 11.9. The zero-order valence-corrected chi connectivity index (χ0v) is 15.0. The molecule has 0 saturated heterocycles. The molecule has 140 valence electrons. The molecule has 27 heavy (non-hydrogen) atoms. The van der Waals surface area contributed by atoms with Gasteiger partial charge in [-0.3, -0.25) is 14.0 Å². The van der Waals surface area contributed by atoms with E-state index in [1.54, 1.807) is 42.8 Å². The van der Waals surface area contributed by atoms with Gasteiger partial charge in [-0.1, -0.05) is 18.2 Å². The van der Waals surface area contributed by atoms with E-state index in [1.165, 1.54) is 0 Å². The highest BCUT2D eigenvalue weighted by Crippen LogP contribution is 2.21. The Morgan fingerprint density at radius 1 is 1.22 bits per heavy atom. The number of carboxylic acid groups (broad SMARTS) is 1. The maximum Gasteiger partial charge on any atom is 0.308 e. The van der Waals surface area contributed by atoms with E-state index < -0.39 is 11.9 Å². The third-order valence-corrected chi connectivity index (χ3v) is 4.35. The SMILES string of the molecule is COc1ccccc1CC(CNC(=O)c1ccc2nnc(C)n2c1)C(=O)O. The van der Waals surface area contributed by atoms with Gasteiger partial charge < -0.3 is 15.2 Å². The van der Waals surface area contributed by atoms with Gasteiger partial charge in [-0.15, -0.1) is 10.2 Å². The Hall–Kier alpha value is -3.42. The first-order valence-corrected chi connectivity index (χ1v) is 8.44. The molecule has 0 spiro atoms. The van der Waals surface area contributed by atoms with Crippen LogP contribution < -0.4 is 10.1 Å². The van der Waals surface area contributed by atoms with Crippen LogP contribution >= 0.6 is 0 Å². The molecule has 8 nitrogen and oxygen atoms in total. The van der Waals surface area contributed by atoms with E-state index in [0.717, 1.165) is 5.56 Å². The summed E-state index contributed by atoms with van der Waals surface area (Å²) < 4.78 is 6.98. The molecule has 0 fully saturated rings. The quantitative estimate of drug-likeness (QED) is 0.658. The van der Waals surface area contributed by atoms with Gasteiger partial charge in [0.05, 0.1) is 18.6 Å². The molecule has 0 aliphatic heterocycles. The molecule has 2 aromatic heterocycles. The topological polar surface area (TPSA) is 106 Å². The number of hydrogen-bond donors (Lipinski definition) is 2. The van der Waals surface area contributed by atoms with E-state index in [0.29, 0.717) is 22.8 Å². The fourth-order valence-electron chi connectivity index (χ4n) is 2.84. The molecule has 0 saturated carbocycles. The first-order valence-electron chi connectivity index (χ1n) is 8.44. The molecule has 1 amide bonds. The average Bonchev–Trinajstić information content (AvgIpc) is 3.05. The summed E-state index contributed by atoms with van der Waals surface area (Å²) in [7, 11) is 1.54. The van der Waals surface area contributed by atoms with Crippen molar-refractivity contribution in [3.8, 4) is 5.75 Å². The van der Waals surface area contributed by atoms with Gasteiger partial charge in [0.1, 0.15) is 11.6 Å². The van der Waals surface area contributed by atoms with Gasteiger partial charge in [0, 0.05) is 12.7 Å². The number of hydrogen-bond acceptors (Lipinski definition) is 5. The summed E-state index contributed by atoms with van der Waals surface area (Å²) in [5.41, 5.74) is 1.83. The molecule has 1 aromatic carbocycles. The number of aromatic nitrogens is 3. The number of nitrogens with zero attached hydrogens (tertiary/aromatic N) is 3. The monoisotopic (exact) mass is 368 g/mol. The summed E-state index contributed by atoms with van der Waals surface area (Å²) in [6.07, 6.45) is 1.89. The second kappa shape index (κ2) is 7.86. The summed E-state index contributed by atoms with van der Waals surface area (Å²) in [4.78, 5) is 24.1. The first kappa shape index (κ1) is 18.4. The summed E-state index contributed by atoms with van der Waals surface area (Å²) in [6, 6.07) is 10.6. The maximum absolute atomic E-state index is 12.4. The van der Waals surface area contributed by atoms with Gasteiger partial charge in [0.2, 0.25) is 0 Å². The van der Waals surface area contributed by atoms with Crippen LogP contribution in [-0.4, -0.2) is 45.2 Å². The number of pyridine rings is 1. The zero-order chi connectivity index (χ0) is 19.4. The van der Waals surface area contributed by atoms with Gasteiger partial charge in [-0.2, -0.15) is 0 Å². The van der Waals surface area contributed by atoms with Gasteiger partial charge in [-0.25, -0.2) is 0 Å². The maximum atomic E-state index is 12.4. The molecule has 2 heterocycles. The second-order valence-corrected chi connectivity index (χ2v) is 6.15. The van der Waals surface area contributed by atoms with Crippen LogP contribution in [-0.2, 0) is 11.2 Å². The van der Waals surface area contributed by atoms with Gasteiger partial charge in [0.15, 0.2) is 5.65 Å². The Morgan fingerprint density at radius 3 is 2.74 bits per heavy atom. The van der Waals surface area contributed by atoms with Crippen LogP contribution in [0.15, 0.2) is 42.6 Å². The van der Waals surface area contributed by atoms with Crippen molar-refractivity contribution in [2.45, 2.75) is 13.3 Å². The van der Waals surface area contributed by atoms with E-state index in [-0.39, 0.29) is 18.9 Å². The summed E-state index contributed by atoms with van der Waals surface area (Å²) in [5.74, 6) is -0.809. The predicted octanol–water partition coefficient (Wildman–Crippen LogP) is 1.72. The van der Waals surface area contributed by atoms with Crippen LogP contribution in [0.2, 0.25) is 0 Å². The smallest absolute Gasteiger partial charge is 0.308 e. The van der Waals surface area contributed by atoms with Crippen molar-refractivity contribution < 1.29 is 19.4 Å². The Bertz CT molecular complexity index is 983. The lowest BCUT2D eigenvalue weighted by Gasteiger charge is -2.15. The number of carboxylic acids is 1. The van der Waals surface area contributed by atoms with Crippen LogP contribution in [0.5, 0.6) is 5.75 Å². The molecule has 0 bridgehead atoms. The molecule has 0 radical (unpaired) electrons. The van der Waals surface area contributed by atoms with Crippen LogP contribution in [0.25, 0.3) is 5.65 Å². The van der Waals surface area contributed by atoms with Crippen molar-refractivity contribution in [2.75, 3.05) is 13.7 Å². The van der Waals surface area contributed by atoms with Gasteiger partial charge in [-0.05, 0) is 37.1 Å². The van der Waals surface area contributed by atoms with Crippen LogP contribution in [0.4, 0.5) is 0 Å². The average molecular weight is 368 g/mol. The Labute approximate surface area is 155 Å². The van der Waals surface area contributed by atoms with Gasteiger partial charge in [0.25, 0.3) is 5.91 Å². The highest BCUT2D eigenvalue weighted by molar-refractivity contribution is 5.94. The molecule has 3 rings (SSSR count). The Kier molecular flexibility index (Phi) is 5.35. The summed E-state index contributed by atoms with van der Waals surface area (Å²) >= 11 is 0. The Morgan fingerprint density at radius 2 is 2.00 bits per heavy atom. The summed E-state index contributed by atoms with van der Waals surface area (Å²) in [5, 5.41) is 20.1. The molecule has 0 aliphatic carbocycles. The van der Waals surface area contributed by atoms with Gasteiger partial charge >= 0.3 is 5.97 Å². The minimum atomic E-state index is -0.980. The number of benzene rings is 1. The van der Waals surface area contributed by atoms with Crippen molar-refractivity contribution in [1.29, 1.82) is 0 Å². The molecular formula is C19H20N4O4. The van der Waals surface area contributed by atoms with Crippen molar-refractivity contribution in [3.05, 3.63) is 59.5 Å². The molecular weight excluding hydrogens is 348 g/mol. The lowest BCUT2D eigenvalue weighted by atomic mass is 9.98. The number of carbonyl (C=O) groups excluding carboxylic acids is 1. The number of fused-ring (bicyclic) bond motifs is 1. The zero-order valence-electron chi connectivity index (χ0n) is 15.0. The van der Waals surface area contributed by atoms with E-state index in [4.69, 9.17) is 4.74 Å².